The molecule has 0 aliphatic carbocycles. The zero-order valence-electron chi connectivity index (χ0n) is 14.3. The Morgan fingerprint density at radius 2 is 1.76 bits per heavy atom. The van der Waals surface area contributed by atoms with Crippen molar-refractivity contribution in [1.29, 1.82) is 0 Å². The number of aliphatic carboxylic acids is 1. The van der Waals surface area contributed by atoms with Crippen molar-refractivity contribution in [2.45, 2.75) is 32.6 Å². The topological polar surface area (TPSA) is 75.6 Å². The molecule has 2 aromatic rings. The molecule has 0 radical (unpaired) electrons. The molecule has 2 N–H and O–H groups in total. The van der Waals surface area contributed by atoms with Crippen molar-refractivity contribution in [2.24, 2.45) is 0 Å². The molecule has 0 aromatic heterocycles. The summed E-state index contributed by atoms with van der Waals surface area (Å²) in [6.45, 7) is 2.81. The minimum atomic E-state index is -0.939. The van der Waals surface area contributed by atoms with Crippen molar-refractivity contribution < 1.29 is 19.4 Å². The number of unbranched alkanes of at least 4 members (excludes halogenated alkanes) is 2. The number of para-hydroxylation sites is 1. The average molecular weight is 341 g/mol. The molecule has 25 heavy (non-hydrogen) atoms. The van der Waals surface area contributed by atoms with E-state index < -0.39 is 5.97 Å². The Morgan fingerprint density at radius 3 is 2.44 bits per heavy atom. The van der Waals surface area contributed by atoms with E-state index in [0.717, 1.165) is 25.0 Å². The van der Waals surface area contributed by atoms with Gasteiger partial charge < -0.3 is 15.2 Å². The first-order chi connectivity index (χ1) is 12.1. The molecule has 132 valence electrons. The standard InChI is InChI=1S/C20H23NO4/c1-2-3-6-13-25-17-11-9-15(10-12-17)20(24)21-18-8-5-4-7-16(18)14-19(22)23/h4-5,7-12H,2-3,6,13-14H2,1H3,(H,21,24)(H,22,23). The summed E-state index contributed by atoms with van der Waals surface area (Å²) in [4.78, 5) is 23.3. The van der Waals surface area contributed by atoms with Crippen molar-refractivity contribution in [2.75, 3.05) is 11.9 Å². The smallest absolute Gasteiger partial charge is 0.307 e. The second-order valence-corrected chi connectivity index (χ2v) is 5.76. The minimum absolute atomic E-state index is 0.138. The number of ether oxygens (including phenoxy) is 1. The molecule has 0 aliphatic rings. The number of hydrogen-bond donors (Lipinski definition) is 2. The van der Waals surface area contributed by atoms with Gasteiger partial charge in [0.25, 0.3) is 5.91 Å². The van der Waals surface area contributed by atoms with Crippen LogP contribution in [0.4, 0.5) is 5.69 Å². The van der Waals surface area contributed by atoms with Crippen LogP contribution < -0.4 is 10.1 Å². The quantitative estimate of drug-likeness (QED) is 0.672. The Balaban J connectivity index is 1.98. The van der Waals surface area contributed by atoms with Gasteiger partial charge in [-0.05, 0) is 42.3 Å². The van der Waals surface area contributed by atoms with E-state index >= 15 is 0 Å². The predicted octanol–water partition coefficient (Wildman–Crippen LogP) is 4.14. The zero-order valence-corrected chi connectivity index (χ0v) is 14.3. The molecule has 5 nitrogen and oxygen atoms in total. The van der Waals surface area contributed by atoms with Gasteiger partial charge in [-0.3, -0.25) is 9.59 Å². The fourth-order valence-corrected chi connectivity index (χ4v) is 2.40. The highest BCUT2D eigenvalue weighted by atomic mass is 16.5. The Bertz CT molecular complexity index is 710. The normalized spacial score (nSPS) is 10.3. The lowest BCUT2D eigenvalue weighted by atomic mass is 10.1. The summed E-state index contributed by atoms with van der Waals surface area (Å²) in [5.41, 5.74) is 1.57. The maximum atomic E-state index is 12.4. The second kappa shape index (κ2) is 9.47. The second-order valence-electron chi connectivity index (χ2n) is 5.76. The summed E-state index contributed by atoms with van der Waals surface area (Å²) in [5, 5.41) is 11.7. The molecule has 0 bridgehead atoms. The molecule has 0 saturated heterocycles. The maximum Gasteiger partial charge on any atom is 0.307 e. The number of carbonyl (C=O) groups excluding carboxylic acids is 1. The minimum Gasteiger partial charge on any atom is -0.494 e. The number of carboxylic acids is 1. The number of benzene rings is 2. The maximum absolute atomic E-state index is 12.4. The number of amides is 1. The van der Waals surface area contributed by atoms with Gasteiger partial charge in [0, 0.05) is 11.3 Å². The summed E-state index contributed by atoms with van der Waals surface area (Å²) < 4.78 is 5.63. The van der Waals surface area contributed by atoms with E-state index in [1.165, 1.54) is 0 Å². The van der Waals surface area contributed by atoms with Gasteiger partial charge in [0.15, 0.2) is 0 Å². The first-order valence-electron chi connectivity index (χ1n) is 8.44. The third kappa shape index (κ3) is 5.95. The summed E-state index contributed by atoms with van der Waals surface area (Å²) in [5.74, 6) is -0.486. The van der Waals surface area contributed by atoms with Gasteiger partial charge in [-0.25, -0.2) is 0 Å². The zero-order chi connectivity index (χ0) is 18.1. The number of carboxylic acid groups (broad SMARTS) is 1. The summed E-state index contributed by atoms with van der Waals surface area (Å²) in [7, 11) is 0. The largest absolute Gasteiger partial charge is 0.494 e. The Labute approximate surface area is 147 Å². The number of rotatable bonds is 9. The highest BCUT2D eigenvalue weighted by molar-refractivity contribution is 6.04. The van der Waals surface area contributed by atoms with Crippen LogP contribution in [0.1, 0.15) is 42.1 Å². The molecule has 0 atom stereocenters. The fraction of sp³-hybridized carbons (Fsp3) is 0.300. The molecule has 0 heterocycles. The van der Waals surface area contributed by atoms with E-state index in [9.17, 15) is 9.59 Å². The van der Waals surface area contributed by atoms with Crippen molar-refractivity contribution >= 4 is 17.6 Å². The van der Waals surface area contributed by atoms with Crippen LogP contribution >= 0.6 is 0 Å². The fourth-order valence-electron chi connectivity index (χ4n) is 2.40. The Kier molecular flexibility index (Phi) is 7.01. The summed E-state index contributed by atoms with van der Waals surface area (Å²) >= 11 is 0. The lowest BCUT2D eigenvalue weighted by molar-refractivity contribution is -0.136. The van der Waals surface area contributed by atoms with E-state index in [1.54, 1.807) is 48.5 Å². The van der Waals surface area contributed by atoms with Crippen LogP contribution in [0.15, 0.2) is 48.5 Å². The van der Waals surface area contributed by atoms with Gasteiger partial charge in [0.1, 0.15) is 5.75 Å². The van der Waals surface area contributed by atoms with Crippen LogP contribution in [0.2, 0.25) is 0 Å². The van der Waals surface area contributed by atoms with E-state index in [0.29, 0.717) is 23.4 Å². The first kappa shape index (κ1) is 18.5. The van der Waals surface area contributed by atoms with Crippen LogP contribution in [-0.4, -0.2) is 23.6 Å². The van der Waals surface area contributed by atoms with Gasteiger partial charge in [-0.1, -0.05) is 38.0 Å². The highest BCUT2D eigenvalue weighted by Crippen LogP contribution is 2.18. The molecule has 0 spiro atoms. The van der Waals surface area contributed by atoms with Crippen LogP contribution in [-0.2, 0) is 11.2 Å². The van der Waals surface area contributed by atoms with Crippen LogP contribution in [0.3, 0.4) is 0 Å². The number of anilines is 1. The van der Waals surface area contributed by atoms with E-state index in [4.69, 9.17) is 9.84 Å². The third-order valence-electron chi connectivity index (χ3n) is 3.74. The lowest BCUT2D eigenvalue weighted by Crippen LogP contribution is -2.14. The van der Waals surface area contributed by atoms with Gasteiger partial charge >= 0.3 is 5.97 Å². The monoisotopic (exact) mass is 341 g/mol. The van der Waals surface area contributed by atoms with Crippen molar-refractivity contribution in [3.63, 3.8) is 0 Å². The van der Waals surface area contributed by atoms with E-state index in [2.05, 4.69) is 12.2 Å². The first-order valence-corrected chi connectivity index (χ1v) is 8.44. The molecular formula is C20H23NO4. The molecule has 0 fully saturated rings. The van der Waals surface area contributed by atoms with Crippen LogP contribution in [0.25, 0.3) is 0 Å². The predicted molar refractivity (Wildman–Crippen MR) is 97.2 cm³/mol. The molecule has 0 unspecified atom stereocenters. The molecule has 0 saturated carbocycles. The average Bonchev–Trinajstić information content (AvgIpc) is 2.60. The lowest BCUT2D eigenvalue weighted by Gasteiger charge is -2.10. The molecule has 2 aromatic carbocycles. The van der Waals surface area contributed by atoms with Gasteiger partial charge in [-0.2, -0.15) is 0 Å². The van der Waals surface area contributed by atoms with Crippen molar-refractivity contribution in [3.8, 4) is 5.75 Å². The van der Waals surface area contributed by atoms with Gasteiger partial charge in [0.2, 0.25) is 0 Å². The number of nitrogens with one attached hydrogen (secondary N) is 1. The molecular weight excluding hydrogens is 318 g/mol. The Morgan fingerprint density at radius 1 is 1.04 bits per heavy atom. The molecule has 5 heteroatoms. The van der Waals surface area contributed by atoms with E-state index in [1.807, 2.05) is 0 Å². The summed E-state index contributed by atoms with van der Waals surface area (Å²) in [6.07, 6.45) is 3.15. The summed E-state index contributed by atoms with van der Waals surface area (Å²) in [6, 6.07) is 13.8. The molecule has 2 rings (SSSR count). The Hall–Kier alpha value is -2.82. The molecule has 0 aliphatic heterocycles. The highest BCUT2D eigenvalue weighted by Gasteiger charge is 2.11. The van der Waals surface area contributed by atoms with Crippen LogP contribution in [0, 0.1) is 0 Å². The van der Waals surface area contributed by atoms with Crippen molar-refractivity contribution in [3.05, 3.63) is 59.7 Å². The van der Waals surface area contributed by atoms with Gasteiger partial charge in [0.05, 0.1) is 13.0 Å². The van der Waals surface area contributed by atoms with Crippen LogP contribution in [0.5, 0.6) is 5.75 Å². The SMILES string of the molecule is CCCCCOc1ccc(C(=O)Nc2ccccc2CC(=O)O)cc1. The van der Waals surface area contributed by atoms with Crippen molar-refractivity contribution in [1.82, 2.24) is 0 Å². The van der Waals surface area contributed by atoms with E-state index in [-0.39, 0.29) is 12.3 Å². The molecule has 1 amide bonds. The number of carbonyl (C=O) groups is 2. The number of hydrogen-bond acceptors (Lipinski definition) is 3. The third-order valence-corrected chi connectivity index (χ3v) is 3.74. The van der Waals surface area contributed by atoms with Gasteiger partial charge in [-0.15, -0.1) is 0 Å².